The third-order valence-corrected chi connectivity index (χ3v) is 2.73. The quantitative estimate of drug-likeness (QED) is 0.644. The van der Waals surface area contributed by atoms with Gasteiger partial charge in [-0.3, -0.25) is 0 Å². The van der Waals surface area contributed by atoms with Gasteiger partial charge in [0.1, 0.15) is 11.6 Å². The molecule has 0 spiro atoms. The molecule has 3 rings (SSSR count). The van der Waals surface area contributed by atoms with Crippen molar-refractivity contribution in [3.05, 3.63) is 23.8 Å². The highest BCUT2D eigenvalue weighted by Gasteiger charge is 2.16. The third-order valence-electron chi connectivity index (χ3n) is 2.73. The number of nitrogens with zero attached hydrogens (tertiary/aromatic N) is 2. The van der Waals surface area contributed by atoms with E-state index in [-0.39, 0.29) is 11.5 Å². The van der Waals surface area contributed by atoms with Gasteiger partial charge in [-0.25, -0.2) is 9.37 Å². The van der Waals surface area contributed by atoms with E-state index >= 15 is 0 Å². The smallest absolute Gasteiger partial charge is 0.148 e. The van der Waals surface area contributed by atoms with E-state index in [4.69, 9.17) is 5.73 Å². The van der Waals surface area contributed by atoms with E-state index in [1.54, 1.807) is 6.07 Å². The molecule has 0 atom stereocenters. The molecule has 2 aromatic rings. The Morgan fingerprint density at radius 1 is 1.43 bits per heavy atom. The van der Waals surface area contributed by atoms with Crippen LogP contribution in [0.5, 0.6) is 0 Å². The first-order chi connectivity index (χ1) is 6.75. The van der Waals surface area contributed by atoms with E-state index < -0.39 is 0 Å². The van der Waals surface area contributed by atoms with Crippen molar-refractivity contribution in [2.75, 3.05) is 5.73 Å². The summed E-state index contributed by atoms with van der Waals surface area (Å²) in [7, 11) is 0. The van der Waals surface area contributed by atoms with E-state index in [9.17, 15) is 4.39 Å². The number of nitrogens with two attached hydrogens (primary N) is 1. The molecule has 72 valence electrons. The first-order valence-corrected chi connectivity index (χ1v) is 4.70. The zero-order chi connectivity index (χ0) is 9.71. The summed E-state index contributed by atoms with van der Waals surface area (Å²) < 4.78 is 15.3. The van der Waals surface area contributed by atoms with Gasteiger partial charge in [0, 0.05) is 19.0 Å². The van der Waals surface area contributed by atoms with E-state index in [0.29, 0.717) is 5.52 Å². The number of hydrogen-bond donors (Lipinski definition) is 1. The average molecular weight is 191 g/mol. The number of benzene rings is 1. The minimum absolute atomic E-state index is 0.201. The standard InChI is InChI=1S/C10H10FN3/c11-6-4-8-9(5-7(6)12)14-3-1-2-10(14)13-8/h4-5H,1-3,12H2. The normalized spacial score (nSPS) is 14.9. The lowest BCUT2D eigenvalue weighted by molar-refractivity contribution is 0.634. The van der Waals surface area contributed by atoms with Crippen LogP contribution in [0.15, 0.2) is 12.1 Å². The summed E-state index contributed by atoms with van der Waals surface area (Å²) in [5, 5.41) is 0. The topological polar surface area (TPSA) is 43.8 Å². The summed E-state index contributed by atoms with van der Waals surface area (Å²) in [5.41, 5.74) is 7.39. The van der Waals surface area contributed by atoms with Crippen molar-refractivity contribution in [2.45, 2.75) is 19.4 Å². The lowest BCUT2D eigenvalue weighted by atomic mass is 10.2. The van der Waals surface area contributed by atoms with Crippen molar-refractivity contribution < 1.29 is 4.39 Å². The zero-order valence-electron chi connectivity index (χ0n) is 7.63. The van der Waals surface area contributed by atoms with Gasteiger partial charge in [-0.1, -0.05) is 0 Å². The van der Waals surface area contributed by atoms with Gasteiger partial charge in [-0.15, -0.1) is 0 Å². The second kappa shape index (κ2) is 2.47. The van der Waals surface area contributed by atoms with Crippen LogP contribution in [0.4, 0.5) is 10.1 Å². The van der Waals surface area contributed by atoms with Gasteiger partial charge in [-0.05, 0) is 12.5 Å². The molecule has 4 heteroatoms. The van der Waals surface area contributed by atoms with Gasteiger partial charge >= 0.3 is 0 Å². The number of anilines is 1. The molecule has 0 amide bonds. The first kappa shape index (κ1) is 7.79. The van der Waals surface area contributed by atoms with Crippen LogP contribution < -0.4 is 5.73 Å². The SMILES string of the molecule is Nc1cc2c(cc1F)nc1n2CCC1. The fourth-order valence-electron chi connectivity index (χ4n) is 2.05. The summed E-state index contributed by atoms with van der Waals surface area (Å²) in [6, 6.07) is 3.09. The lowest BCUT2D eigenvalue weighted by Gasteiger charge is -2.00. The van der Waals surface area contributed by atoms with Crippen molar-refractivity contribution in [1.82, 2.24) is 9.55 Å². The molecule has 1 aliphatic heterocycles. The molecule has 0 saturated carbocycles. The van der Waals surface area contributed by atoms with Crippen molar-refractivity contribution >= 4 is 16.7 Å². The second-order valence-electron chi connectivity index (χ2n) is 3.65. The van der Waals surface area contributed by atoms with Gasteiger partial charge in [0.2, 0.25) is 0 Å². The van der Waals surface area contributed by atoms with E-state index in [0.717, 1.165) is 30.7 Å². The van der Waals surface area contributed by atoms with Crippen LogP contribution in [0.3, 0.4) is 0 Å². The number of fused-ring (bicyclic) bond motifs is 3. The summed E-state index contributed by atoms with van der Waals surface area (Å²) >= 11 is 0. The van der Waals surface area contributed by atoms with Crippen LogP contribution in [-0.4, -0.2) is 9.55 Å². The van der Waals surface area contributed by atoms with Crippen LogP contribution in [0.1, 0.15) is 12.2 Å². The van der Waals surface area contributed by atoms with Crippen molar-refractivity contribution in [1.29, 1.82) is 0 Å². The Labute approximate surface area is 80.3 Å². The summed E-state index contributed by atoms with van der Waals surface area (Å²) in [5.74, 6) is 0.666. The molecule has 2 N–H and O–H groups in total. The van der Waals surface area contributed by atoms with Crippen LogP contribution >= 0.6 is 0 Å². The molecule has 14 heavy (non-hydrogen) atoms. The molecule has 3 nitrogen and oxygen atoms in total. The predicted octanol–water partition coefficient (Wildman–Crippen LogP) is 1.70. The molecule has 0 saturated heterocycles. The summed E-state index contributed by atoms with van der Waals surface area (Å²) in [4.78, 5) is 4.36. The van der Waals surface area contributed by atoms with Crippen LogP contribution in [0.2, 0.25) is 0 Å². The maximum Gasteiger partial charge on any atom is 0.148 e. The van der Waals surface area contributed by atoms with E-state index in [1.807, 2.05) is 0 Å². The maximum absolute atomic E-state index is 13.1. The monoisotopic (exact) mass is 191 g/mol. The van der Waals surface area contributed by atoms with Crippen LogP contribution in [0.25, 0.3) is 11.0 Å². The number of aryl methyl sites for hydroxylation is 2. The first-order valence-electron chi connectivity index (χ1n) is 4.70. The number of halogens is 1. The average Bonchev–Trinajstić information content (AvgIpc) is 2.68. The second-order valence-corrected chi connectivity index (χ2v) is 3.65. The Morgan fingerprint density at radius 2 is 2.29 bits per heavy atom. The molecule has 0 fully saturated rings. The van der Waals surface area contributed by atoms with Gasteiger partial charge in [0.05, 0.1) is 16.7 Å². The highest BCUT2D eigenvalue weighted by atomic mass is 19.1. The Kier molecular flexibility index (Phi) is 1.37. The van der Waals surface area contributed by atoms with Gasteiger partial charge in [-0.2, -0.15) is 0 Å². The maximum atomic E-state index is 13.1. The zero-order valence-corrected chi connectivity index (χ0v) is 7.63. The number of hydrogen-bond acceptors (Lipinski definition) is 2. The van der Waals surface area contributed by atoms with Gasteiger partial charge in [0.15, 0.2) is 0 Å². The Hall–Kier alpha value is -1.58. The van der Waals surface area contributed by atoms with Crippen molar-refractivity contribution in [2.24, 2.45) is 0 Å². The van der Waals surface area contributed by atoms with Gasteiger partial charge in [0.25, 0.3) is 0 Å². The highest BCUT2D eigenvalue weighted by molar-refractivity contribution is 5.80. The molecule has 0 bridgehead atoms. The number of rotatable bonds is 0. The molecule has 0 radical (unpaired) electrons. The summed E-state index contributed by atoms with van der Waals surface area (Å²) in [6.45, 7) is 0.969. The lowest BCUT2D eigenvalue weighted by Crippen LogP contribution is -1.94. The molecule has 0 aliphatic carbocycles. The fourth-order valence-corrected chi connectivity index (χ4v) is 2.05. The van der Waals surface area contributed by atoms with Crippen molar-refractivity contribution in [3.63, 3.8) is 0 Å². The van der Waals surface area contributed by atoms with E-state index in [2.05, 4.69) is 9.55 Å². The molecule has 1 aromatic heterocycles. The highest BCUT2D eigenvalue weighted by Crippen LogP contribution is 2.25. The van der Waals surface area contributed by atoms with Crippen molar-refractivity contribution in [3.8, 4) is 0 Å². The molecular weight excluding hydrogens is 181 g/mol. The third kappa shape index (κ3) is 0.880. The Balaban J connectivity index is 2.39. The van der Waals surface area contributed by atoms with Crippen LogP contribution in [0, 0.1) is 5.82 Å². The molecule has 1 aliphatic rings. The fraction of sp³-hybridized carbons (Fsp3) is 0.300. The minimum atomic E-state index is -0.380. The van der Waals surface area contributed by atoms with Gasteiger partial charge < -0.3 is 10.3 Å². The predicted molar refractivity (Wildman–Crippen MR) is 52.4 cm³/mol. The van der Waals surface area contributed by atoms with Crippen LogP contribution in [-0.2, 0) is 13.0 Å². The number of nitrogen functional groups attached to an aromatic ring is 1. The number of aromatic nitrogens is 2. The summed E-state index contributed by atoms with van der Waals surface area (Å²) in [6.07, 6.45) is 2.10. The molecule has 0 unspecified atom stereocenters. The Morgan fingerprint density at radius 3 is 3.14 bits per heavy atom. The Bertz CT molecular complexity index is 516. The molecule has 1 aromatic carbocycles. The van der Waals surface area contributed by atoms with E-state index in [1.165, 1.54) is 6.07 Å². The molecule has 2 heterocycles. The molecular formula is C10H10FN3. The number of imidazole rings is 1. The largest absolute Gasteiger partial charge is 0.396 e. The minimum Gasteiger partial charge on any atom is -0.396 e.